The van der Waals surface area contributed by atoms with Crippen LogP contribution in [0.25, 0.3) is 19.5 Å². The number of hydrogen-bond acceptors (Lipinski definition) is 4. The first-order valence-electron chi connectivity index (χ1n) is 4.44. The molecule has 0 spiro atoms. The molecule has 0 radical (unpaired) electrons. The number of rotatable bonds is 0. The summed E-state index contributed by atoms with van der Waals surface area (Å²) in [4.78, 5) is 0.373. The summed E-state index contributed by atoms with van der Waals surface area (Å²) >= 11 is 8.69. The van der Waals surface area contributed by atoms with Gasteiger partial charge in [-0.05, 0) is 12.1 Å². The first-order chi connectivity index (χ1) is 7.70. The number of nitrogens with zero attached hydrogens (tertiary/aromatic N) is 1. The number of aromatic hydroxyl groups is 1. The SMILES string of the molecule is N#Cc1sc2c(sc3cc(Cl)ccc32)c1O. The quantitative estimate of drug-likeness (QED) is 0.657. The lowest BCUT2D eigenvalue weighted by atomic mass is 10.2. The fourth-order valence-corrected chi connectivity index (χ4v) is 4.26. The molecule has 2 heterocycles. The molecule has 0 fully saturated rings. The van der Waals surface area contributed by atoms with Gasteiger partial charge in [-0.25, -0.2) is 0 Å². The van der Waals surface area contributed by atoms with Gasteiger partial charge in [0.25, 0.3) is 0 Å². The fourth-order valence-electron chi connectivity index (χ4n) is 1.63. The molecule has 0 aliphatic carbocycles. The molecule has 16 heavy (non-hydrogen) atoms. The van der Waals surface area contributed by atoms with E-state index in [-0.39, 0.29) is 5.75 Å². The van der Waals surface area contributed by atoms with E-state index in [0.717, 1.165) is 19.5 Å². The van der Waals surface area contributed by atoms with Gasteiger partial charge in [0.15, 0.2) is 5.75 Å². The van der Waals surface area contributed by atoms with Gasteiger partial charge in [0.05, 0.1) is 9.40 Å². The molecular weight excluding hydrogens is 262 g/mol. The number of benzene rings is 1. The van der Waals surface area contributed by atoms with E-state index in [4.69, 9.17) is 16.9 Å². The molecular formula is C11H4ClNOS2. The summed E-state index contributed by atoms with van der Waals surface area (Å²) in [7, 11) is 0. The molecule has 0 saturated heterocycles. The topological polar surface area (TPSA) is 44.0 Å². The van der Waals surface area contributed by atoms with E-state index >= 15 is 0 Å². The monoisotopic (exact) mass is 265 g/mol. The summed E-state index contributed by atoms with van der Waals surface area (Å²) < 4.78 is 2.78. The number of fused-ring (bicyclic) bond motifs is 3. The van der Waals surface area contributed by atoms with Crippen molar-refractivity contribution in [2.75, 3.05) is 0 Å². The summed E-state index contributed by atoms with van der Waals surface area (Å²) in [5.41, 5.74) is 0. The minimum absolute atomic E-state index is 0.0971. The Morgan fingerprint density at radius 3 is 2.81 bits per heavy atom. The van der Waals surface area contributed by atoms with Gasteiger partial charge in [-0.1, -0.05) is 17.7 Å². The van der Waals surface area contributed by atoms with Gasteiger partial charge in [0.2, 0.25) is 0 Å². The summed E-state index contributed by atoms with van der Waals surface area (Å²) in [6.45, 7) is 0. The van der Waals surface area contributed by atoms with Crippen LogP contribution < -0.4 is 0 Å². The summed E-state index contributed by atoms with van der Waals surface area (Å²) in [5, 5.41) is 20.4. The second-order valence-electron chi connectivity index (χ2n) is 3.29. The summed E-state index contributed by atoms with van der Waals surface area (Å²) in [5.74, 6) is 0.0971. The third-order valence-electron chi connectivity index (χ3n) is 2.34. The van der Waals surface area contributed by atoms with Crippen LogP contribution in [0.4, 0.5) is 0 Å². The van der Waals surface area contributed by atoms with Crippen molar-refractivity contribution >= 4 is 53.8 Å². The van der Waals surface area contributed by atoms with Gasteiger partial charge in [0, 0.05) is 15.1 Å². The van der Waals surface area contributed by atoms with Crippen molar-refractivity contribution in [2.24, 2.45) is 0 Å². The van der Waals surface area contributed by atoms with E-state index in [1.807, 2.05) is 24.3 Å². The number of thiophene rings is 2. The van der Waals surface area contributed by atoms with Crippen LogP contribution in [0.2, 0.25) is 5.02 Å². The molecule has 0 bridgehead atoms. The van der Waals surface area contributed by atoms with Gasteiger partial charge < -0.3 is 5.11 Å². The smallest absolute Gasteiger partial charge is 0.162 e. The maximum atomic E-state index is 9.83. The van der Waals surface area contributed by atoms with Crippen molar-refractivity contribution in [2.45, 2.75) is 0 Å². The Bertz CT molecular complexity index is 751. The Morgan fingerprint density at radius 2 is 2.06 bits per heavy atom. The van der Waals surface area contributed by atoms with Crippen molar-refractivity contribution in [1.29, 1.82) is 5.26 Å². The summed E-state index contributed by atoms with van der Waals surface area (Å²) in [6, 6.07) is 7.61. The lowest BCUT2D eigenvalue weighted by Crippen LogP contribution is -1.63. The predicted molar refractivity (Wildman–Crippen MR) is 68.6 cm³/mol. The number of hydrogen-bond donors (Lipinski definition) is 1. The van der Waals surface area contributed by atoms with Crippen LogP contribution in [0.3, 0.4) is 0 Å². The summed E-state index contributed by atoms with van der Waals surface area (Å²) in [6.07, 6.45) is 0. The molecule has 2 nitrogen and oxygen atoms in total. The maximum Gasteiger partial charge on any atom is 0.162 e. The minimum atomic E-state index is 0.0971. The zero-order valence-electron chi connectivity index (χ0n) is 7.82. The highest BCUT2D eigenvalue weighted by Gasteiger charge is 2.16. The maximum absolute atomic E-state index is 9.83. The zero-order chi connectivity index (χ0) is 11.3. The van der Waals surface area contributed by atoms with E-state index in [0.29, 0.717) is 9.90 Å². The van der Waals surface area contributed by atoms with Crippen LogP contribution in [-0.4, -0.2) is 5.11 Å². The van der Waals surface area contributed by atoms with Gasteiger partial charge >= 0.3 is 0 Å². The van der Waals surface area contributed by atoms with Gasteiger partial charge in [-0.3, -0.25) is 0 Å². The van der Waals surface area contributed by atoms with Gasteiger partial charge in [-0.15, -0.1) is 22.7 Å². The molecule has 0 atom stereocenters. The Labute approximate surface area is 104 Å². The highest BCUT2D eigenvalue weighted by atomic mass is 35.5. The standard InChI is InChI=1S/C11H4ClNOS2/c12-5-1-2-6-7(3-5)15-11-9(14)8(4-13)16-10(6)11/h1-3,14H. The third-order valence-corrected chi connectivity index (χ3v) is 4.98. The molecule has 0 unspecified atom stereocenters. The van der Waals surface area contributed by atoms with Gasteiger partial charge in [0.1, 0.15) is 10.9 Å². The zero-order valence-corrected chi connectivity index (χ0v) is 10.2. The average Bonchev–Trinajstić information content (AvgIpc) is 2.75. The van der Waals surface area contributed by atoms with Crippen molar-refractivity contribution in [3.8, 4) is 11.8 Å². The van der Waals surface area contributed by atoms with Crippen LogP contribution >= 0.6 is 34.3 Å². The minimum Gasteiger partial charge on any atom is -0.504 e. The van der Waals surface area contributed by atoms with Gasteiger partial charge in [-0.2, -0.15) is 5.26 Å². The molecule has 0 saturated carbocycles. The molecule has 0 aliphatic heterocycles. The molecule has 0 aliphatic rings. The van der Waals surface area contributed by atoms with E-state index in [9.17, 15) is 5.11 Å². The molecule has 78 valence electrons. The van der Waals surface area contributed by atoms with E-state index in [1.54, 1.807) is 0 Å². The predicted octanol–water partition coefficient (Wildman–Crippen LogP) is 4.35. The fraction of sp³-hybridized carbons (Fsp3) is 0. The average molecular weight is 266 g/mol. The van der Waals surface area contributed by atoms with Crippen LogP contribution in [0.15, 0.2) is 18.2 Å². The molecule has 5 heteroatoms. The largest absolute Gasteiger partial charge is 0.504 e. The third kappa shape index (κ3) is 1.23. The second kappa shape index (κ2) is 3.36. The second-order valence-corrected chi connectivity index (χ2v) is 5.80. The lowest BCUT2D eigenvalue weighted by Gasteiger charge is -1.90. The van der Waals surface area contributed by atoms with Crippen molar-refractivity contribution in [3.05, 3.63) is 28.1 Å². The van der Waals surface area contributed by atoms with E-state index < -0.39 is 0 Å². The lowest BCUT2D eigenvalue weighted by molar-refractivity contribution is 0.483. The Morgan fingerprint density at radius 1 is 1.25 bits per heavy atom. The first-order valence-corrected chi connectivity index (χ1v) is 6.45. The van der Waals surface area contributed by atoms with Crippen LogP contribution in [-0.2, 0) is 0 Å². The Hall–Kier alpha value is -1.28. The van der Waals surface area contributed by atoms with Crippen LogP contribution in [0.1, 0.15) is 4.88 Å². The molecule has 3 aromatic rings. The van der Waals surface area contributed by atoms with E-state index in [1.165, 1.54) is 22.7 Å². The molecule has 0 amide bonds. The van der Waals surface area contributed by atoms with Crippen molar-refractivity contribution in [1.82, 2.24) is 0 Å². The normalized spacial score (nSPS) is 11.0. The highest BCUT2D eigenvalue weighted by Crippen LogP contribution is 2.46. The van der Waals surface area contributed by atoms with Crippen LogP contribution in [0.5, 0.6) is 5.75 Å². The van der Waals surface area contributed by atoms with Crippen molar-refractivity contribution in [3.63, 3.8) is 0 Å². The molecule has 1 aromatic carbocycles. The first kappa shape index (κ1) is 9.91. The number of halogens is 1. The Balaban J connectivity index is 2.51. The van der Waals surface area contributed by atoms with E-state index in [2.05, 4.69) is 0 Å². The van der Waals surface area contributed by atoms with Crippen LogP contribution in [0, 0.1) is 11.3 Å². The Kier molecular flexibility index (Phi) is 2.08. The number of nitriles is 1. The van der Waals surface area contributed by atoms with Crippen molar-refractivity contribution < 1.29 is 5.11 Å². The molecule has 2 aromatic heterocycles. The molecule has 3 rings (SSSR count). The highest BCUT2D eigenvalue weighted by molar-refractivity contribution is 7.33. The molecule has 1 N–H and O–H groups in total.